The largest absolute Gasteiger partial charge is 0.495 e. The molecule has 0 saturated heterocycles. The van der Waals surface area contributed by atoms with E-state index in [4.69, 9.17) is 10.5 Å². The second-order valence-electron chi connectivity index (χ2n) is 2.65. The fraction of sp³-hybridized carbons (Fsp3) is 0.333. The van der Waals surface area contributed by atoms with Crippen molar-refractivity contribution in [3.8, 4) is 5.75 Å². The van der Waals surface area contributed by atoms with Gasteiger partial charge in [-0.1, -0.05) is 12.1 Å². The first kappa shape index (κ1) is 9.55. The van der Waals surface area contributed by atoms with Crippen LogP contribution in [0.2, 0.25) is 0 Å². The summed E-state index contributed by atoms with van der Waals surface area (Å²) in [5.74, 6) is 0.826. The van der Waals surface area contributed by atoms with Crippen LogP contribution in [0.3, 0.4) is 0 Å². The molecule has 0 aliphatic heterocycles. The average molecular weight is 230 g/mol. The van der Waals surface area contributed by atoms with Gasteiger partial charge in [-0.05, 0) is 28.9 Å². The molecular formula is C9H12BrNO. The number of nitrogens with two attached hydrogens (primary N) is 1. The summed E-state index contributed by atoms with van der Waals surface area (Å²) in [6, 6.07) is 5.85. The highest BCUT2D eigenvalue weighted by atomic mass is 79.9. The molecule has 0 radical (unpaired) electrons. The Morgan fingerprint density at radius 3 is 2.58 bits per heavy atom. The van der Waals surface area contributed by atoms with Crippen LogP contribution in [0.1, 0.15) is 18.5 Å². The van der Waals surface area contributed by atoms with E-state index in [-0.39, 0.29) is 6.04 Å². The predicted molar refractivity (Wildman–Crippen MR) is 53.3 cm³/mol. The van der Waals surface area contributed by atoms with Crippen LogP contribution in [-0.4, -0.2) is 7.11 Å². The summed E-state index contributed by atoms with van der Waals surface area (Å²) in [5.41, 5.74) is 6.78. The molecule has 0 aromatic heterocycles. The molecule has 0 amide bonds. The molecule has 1 rings (SSSR count). The number of hydrogen-bond donors (Lipinski definition) is 1. The molecule has 12 heavy (non-hydrogen) atoms. The maximum Gasteiger partial charge on any atom is 0.137 e. The van der Waals surface area contributed by atoms with Gasteiger partial charge in [0, 0.05) is 11.6 Å². The van der Waals surface area contributed by atoms with E-state index in [9.17, 15) is 0 Å². The molecule has 1 atom stereocenters. The highest BCUT2D eigenvalue weighted by Gasteiger charge is 2.09. The summed E-state index contributed by atoms with van der Waals surface area (Å²) in [4.78, 5) is 0. The minimum atomic E-state index is -0.00236. The molecule has 1 aromatic rings. The van der Waals surface area contributed by atoms with Crippen LogP contribution in [0, 0.1) is 0 Å². The van der Waals surface area contributed by atoms with Crippen LogP contribution in [0.25, 0.3) is 0 Å². The molecule has 1 aromatic carbocycles. The van der Waals surface area contributed by atoms with E-state index in [2.05, 4.69) is 15.9 Å². The number of methoxy groups -OCH3 is 1. The Labute approximate surface area is 80.8 Å². The lowest BCUT2D eigenvalue weighted by Gasteiger charge is -2.12. The molecule has 0 saturated carbocycles. The van der Waals surface area contributed by atoms with Gasteiger partial charge in [-0.15, -0.1) is 0 Å². The summed E-state index contributed by atoms with van der Waals surface area (Å²) < 4.78 is 6.15. The first-order valence-corrected chi connectivity index (χ1v) is 4.54. The Morgan fingerprint density at radius 2 is 2.17 bits per heavy atom. The molecule has 2 N–H and O–H groups in total. The number of ether oxygens (including phenoxy) is 1. The highest BCUT2D eigenvalue weighted by Crippen LogP contribution is 2.31. The van der Waals surface area contributed by atoms with E-state index >= 15 is 0 Å². The Balaban J connectivity index is 3.18. The van der Waals surface area contributed by atoms with Crippen molar-refractivity contribution in [3.63, 3.8) is 0 Å². The molecule has 0 bridgehead atoms. The van der Waals surface area contributed by atoms with Crippen molar-refractivity contribution in [1.29, 1.82) is 0 Å². The molecule has 0 fully saturated rings. The summed E-state index contributed by atoms with van der Waals surface area (Å²) in [6.45, 7) is 1.93. The minimum Gasteiger partial charge on any atom is -0.495 e. The normalized spacial score (nSPS) is 12.7. The topological polar surface area (TPSA) is 35.2 Å². The van der Waals surface area contributed by atoms with E-state index in [1.54, 1.807) is 7.11 Å². The zero-order valence-corrected chi connectivity index (χ0v) is 8.76. The van der Waals surface area contributed by atoms with Gasteiger partial charge in [-0.3, -0.25) is 0 Å². The first-order valence-electron chi connectivity index (χ1n) is 3.74. The van der Waals surface area contributed by atoms with Gasteiger partial charge in [-0.2, -0.15) is 0 Å². The van der Waals surface area contributed by atoms with E-state index in [1.165, 1.54) is 0 Å². The van der Waals surface area contributed by atoms with Crippen LogP contribution in [0.15, 0.2) is 22.7 Å². The number of hydrogen-bond acceptors (Lipinski definition) is 2. The molecule has 0 heterocycles. The second kappa shape index (κ2) is 3.92. The maximum atomic E-state index is 5.76. The second-order valence-corrected chi connectivity index (χ2v) is 3.51. The van der Waals surface area contributed by atoms with Crippen LogP contribution in [0.5, 0.6) is 5.75 Å². The van der Waals surface area contributed by atoms with Gasteiger partial charge in [0.05, 0.1) is 11.6 Å². The standard InChI is InChI=1S/C9H12BrNO/c1-6(11)7-4-3-5-8(10)9(7)12-2/h3-6H,11H2,1-2H3/t6-/m0/s1. The SMILES string of the molecule is COc1c(Br)cccc1[C@H](C)N. The summed E-state index contributed by atoms with van der Waals surface area (Å²) in [7, 11) is 1.64. The van der Waals surface area contributed by atoms with Gasteiger partial charge in [0.1, 0.15) is 5.75 Å². The molecule has 2 nitrogen and oxygen atoms in total. The Morgan fingerprint density at radius 1 is 1.50 bits per heavy atom. The summed E-state index contributed by atoms with van der Waals surface area (Å²) in [6.07, 6.45) is 0. The first-order chi connectivity index (χ1) is 5.66. The van der Waals surface area contributed by atoms with Crippen LogP contribution >= 0.6 is 15.9 Å². The fourth-order valence-corrected chi connectivity index (χ4v) is 1.64. The third-order valence-electron chi connectivity index (χ3n) is 1.69. The average Bonchev–Trinajstić information content (AvgIpc) is 2.03. The van der Waals surface area contributed by atoms with Crippen LogP contribution in [0.4, 0.5) is 0 Å². The molecule has 0 aliphatic carbocycles. The summed E-state index contributed by atoms with van der Waals surface area (Å²) in [5, 5.41) is 0. The Hall–Kier alpha value is -0.540. The van der Waals surface area contributed by atoms with Crippen LogP contribution < -0.4 is 10.5 Å². The number of rotatable bonds is 2. The molecular weight excluding hydrogens is 218 g/mol. The van der Waals surface area contributed by atoms with Gasteiger partial charge in [0.15, 0.2) is 0 Å². The predicted octanol–water partition coefficient (Wildman–Crippen LogP) is 2.48. The van der Waals surface area contributed by atoms with E-state index in [0.717, 1.165) is 15.8 Å². The van der Waals surface area contributed by atoms with Crippen molar-refractivity contribution >= 4 is 15.9 Å². The van der Waals surface area contributed by atoms with Gasteiger partial charge in [-0.25, -0.2) is 0 Å². The Bertz CT molecular complexity index is 273. The number of halogens is 1. The van der Waals surface area contributed by atoms with Crippen molar-refractivity contribution in [2.24, 2.45) is 5.73 Å². The van der Waals surface area contributed by atoms with Gasteiger partial charge >= 0.3 is 0 Å². The van der Waals surface area contributed by atoms with Crippen molar-refractivity contribution in [2.75, 3.05) is 7.11 Å². The van der Waals surface area contributed by atoms with Gasteiger partial charge < -0.3 is 10.5 Å². The zero-order chi connectivity index (χ0) is 9.14. The van der Waals surface area contributed by atoms with E-state index in [0.29, 0.717) is 0 Å². The molecule has 0 unspecified atom stereocenters. The highest BCUT2D eigenvalue weighted by molar-refractivity contribution is 9.10. The van der Waals surface area contributed by atoms with Crippen molar-refractivity contribution in [3.05, 3.63) is 28.2 Å². The lowest BCUT2D eigenvalue weighted by atomic mass is 10.1. The summed E-state index contributed by atoms with van der Waals surface area (Å²) >= 11 is 3.40. The lowest BCUT2D eigenvalue weighted by Crippen LogP contribution is -2.06. The van der Waals surface area contributed by atoms with E-state index < -0.39 is 0 Å². The molecule has 0 spiro atoms. The third-order valence-corrected chi connectivity index (χ3v) is 2.32. The van der Waals surface area contributed by atoms with Crippen LogP contribution in [-0.2, 0) is 0 Å². The Kier molecular flexibility index (Phi) is 3.12. The monoisotopic (exact) mass is 229 g/mol. The molecule has 66 valence electrons. The minimum absolute atomic E-state index is 0.00236. The van der Waals surface area contributed by atoms with Gasteiger partial charge in [0.2, 0.25) is 0 Å². The number of para-hydroxylation sites is 1. The van der Waals surface area contributed by atoms with E-state index in [1.807, 2.05) is 25.1 Å². The molecule has 3 heteroatoms. The third kappa shape index (κ3) is 1.79. The quantitative estimate of drug-likeness (QED) is 0.846. The molecule has 0 aliphatic rings. The van der Waals surface area contributed by atoms with Gasteiger partial charge in [0.25, 0.3) is 0 Å². The van der Waals surface area contributed by atoms with Crippen molar-refractivity contribution in [1.82, 2.24) is 0 Å². The number of benzene rings is 1. The fourth-order valence-electron chi connectivity index (χ4n) is 1.10. The zero-order valence-electron chi connectivity index (χ0n) is 7.17. The smallest absolute Gasteiger partial charge is 0.137 e. The lowest BCUT2D eigenvalue weighted by molar-refractivity contribution is 0.404. The maximum absolute atomic E-state index is 5.76. The van der Waals surface area contributed by atoms with Crippen molar-refractivity contribution < 1.29 is 4.74 Å². The van der Waals surface area contributed by atoms with Crippen molar-refractivity contribution in [2.45, 2.75) is 13.0 Å².